The van der Waals surface area contributed by atoms with Gasteiger partial charge in [-0.1, -0.05) is 48.0 Å². The molecule has 0 N–H and O–H groups in total. The fourth-order valence-corrected chi connectivity index (χ4v) is 3.11. The van der Waals surface area contributed by atoms with Gasteiger partial charge in [0.1, 0.15) is 5.92 Å². The molecule has 1 aliphatic heterocycles. The van der Waals surface area contributed by atoms with E-state index in [2.05, 4.69) is 0 Å². The molecule has 0 saturated carbocycles. The Labute approximate surface area is 146 Å². The van der Waals surface area contributed by atoms with Crippen LogP contribution in [0.3, 0.4) is 0 Å². The highest BCUT2D eigenvalue weighted by atomic mass is 16.5. The number of ether oxygens (including phenoxy) is 1. The smallest absolute Gasteiger partial charge is 0.319 e. The SMILES string of the molecule is CCOC(=O)C1C(=O)C(=O)N(c2ccc(C)cc2)C1c1ccccc1. The standard InChI is InChI=1S/C20H19NO4/c1-3-25-20(24)16-17(14-7-5-4-6-8-14)21(19(23)18(16)22)15-11-9-13(2)10-12-15/h4-12,16-17H,3H2,1-2H3. The van der Waals surface area contributed by atoms with E-state index in [0.29, 0.717) is 5.69 Å². The molecule has 1 saturated heterocycles. The van der Waals surface area contributed by atoms with Crippen LogP contribution in [0.2, 0.25) is 0 Å². The summed E-state index contributed by atoms with van der Waals surface area (Å²) < 4.78 is 5.06. The van der Waals surface area contributed by atoms with E-state index >= 15 is 0 Å². The fraction of sp³-hybridized carbons (Fsp3) is 0.250. The Balaban J connectivity index is 2.11. The molecule has 2 atom stereocenters. The molecule has 1 fully saturated rings. The summed E-state index contributed by atoms with van der Waals surface area (Å²) >= 11 is 0. The normalized spacial score (nSPS) is 20.0. The van der Waals surface area contributed by atoms with Crippen LogP contribution >= 0.6 is 0 Å². The van der Waals surface area contributed by atoms with Gasteiger partial charge in [0, 0.05) is 5.69 Å². The Morgan fingerprint density at radius 2 is 1.68 bits per heavy atom. The molecule has 2 aromatic rings. The molecule has 1 amide bonds. The van der Waals surface area contributed by atoms with Gasteiger partial charge in [0.25, 0.3) is 5.91 Å². The van der Waals surface area contributed by atoms with Crippen LogP contribution in [0.25, 0.3) is 0 Å². The molecule has 2 unspecified atom stereocenters. The number of esters is 1. The van der Waals surface area contributed by atoms with Crippen molar-refractivity contribution < 1.29 is 19.1 Å². The molecule has 0 spiro atoms. The van der Waals surface area contributed by atoms with E-state index in [1.54, 1.807) is 19.1 Å². The van der Waals surface area contributed by atoms with Crippen LogP contribution in [0, 0.1) is 12.8 Å². The molecule has 25 heavy (non-hydrogen) atoms. The van der Waals surface area contributed by atoms with Gasteiger partial charge in [0.05, 0.1) is 12.6 Å². The zero-order valence-corrected chi connectivity index (χ0v) is 14.1. The second-order valence-electron chi connectivity index (χ2n) is 5.96. The molecule has 0 radical (unpaired) electrons. The largest absolute Gasteiger partial charge is 0.465 e. The van der Waals surface area contributed by atoms with Gasteiger partial charge in [-0.25, -0.2) is 0 Å². The first-order valence-corrected chi connectivity index (χ1v) is 8.20. The van der Waals surface area contributed by atoms with Crippen molar-refractivity contribution in [2.75, 3.05) is 11.5 Å². The molecule has 1 heterocycles. The minimum atomic E-state index is -1.16. The van der Waals surface area contributed by atoms with Crippen molar-refractivity contribution in [3.63, 3.8) is 0 Å². The summed E-state index contributed by atoms with van der Waals surface area (Å²) in [6.07, 6.45) is 0. The average Bonchev–Trinajstić information content (AvgIpc) is 2.88. The van der Waals surface area contributed by atoms with Gasteiger partial charge in [-0.05, 0) is 31.5 Å². The van der Waals surface area contributed by atoms with Gasteiger partial charge in [-0.3, -0.25) is 19.3 Å². The van der Waals surface area contributed by atoms with Crippen LogP contribution in [0.5, 0.6) is 0 Å². The maximum atomic E-state index is 12.7. The number of rotatable bonds is 4. The topological polar surface area (TPSA) is 63.7 Å². The van der Waals surface area contributed by atoms with E-state index in [1.807, 2.05) is 49.4 Å². The highest BCUT2D eigenvalue weighted by Gasteiger charge is 2.53. The van der Waals surface area contributed by atoms with Crippen molar-refractivity contribution >= 4 is 23.3 Å². The maximum absolute atomic E-state index is 12.7. The van der Waals surface area contributed by atoms with Crippen LogP contribution in [0.1, 0.15) is 24.1 Å². The Hall–Kier alpha value is -2.95. The molecule has 0 aliphatic carbocycles. The first-order chi connectivity index (χ1) is 12.0. The summed E-state index contributed by atoms with van der Waals surface area (Å²) in [4.78, 5) is 39.0. The Morgan fingerprint density at radius 1 is 1.04 bits per heavy atom. The predicted molar refractivity (Wildman–Crippen MR) is 93.0 cm³/mol. The summed E-state index contributed by atoms with van der Waals surface area (Å²) in [6.45, 7) is 3.77. The number of anilines is 1. The van der Waals surface area contributed by atoms with E-state index < -0.39 is 29.6 Å². The predicted octanol–water partition coefficient (Wildman–Crippen LogP) is 2.83. The molecule has 2 aromatic carbocycles. The van der Waals surface area contributed by atoms with Gasteiger partial charge in [0.2, 0.25) is 5.78 Å². The first kappa shape index (κ1) is 16.9. The van der Waals surface area contributed by atoms with E-state index in [-0.39, 0.29) is 6.61 Å². The number of hydrogen-bond donors (Lipinski definition) is 0. The van der Waals surface area contributed by atoms with Crippen molar-refractivity contribution in [3.8, 4) is 0 Å². The molecule has 5 nitrogen and oxygen atoms in total. The van der Waals surface area contributed by atoms with Crippen LogP contribution < -0.4 is 4.90 Å². The Bertz CT molecular complexity index is 798. The minimum Gasteiger partial charge on any atom is -0.465 e. The van der Waals surface area contributed by atoms with E-state index in [1.165, 1.54) is 4.90 Å². The van der Waals surface area contributed by atoms with Gasteiger partial charge in [-0.15, -0.1) is 0 Å². The Kier molecular flexibility index (Phi) is 4.65. The number of carbonyl (C=O) groups is 3. The van der Waals surface area contributed by atoms with Crippen molar-refractivity contribution in [3.05, 3.63) is 65.7 Å². The summed E-state index contributed by atoms with van der Waals surface area (Å²) in [6, 6.07) is 15.7. The van der Waals surface area contributed by atoms with Crippen LogP contribution in [0.15, 0.2) is 54.6 Å². The summed E-state index contributed by atoms with van der Waals surface area (Å²) in [7, 11) is 0. The number of carbonyl (C=O) groups excluding carboxylic acids is 3. The quantitative estimate of drug-likeness (QED) is 0.489. The maximum Gasteiger partial charge on any atom is 0.319 e. The van der Waals surface area contributed by atoms with Crippen molar-refractivity contribution in [1.29, 1.82) is 0 Å². The first-order valence-electron chi connectivity index (χ1n) is 8.20. The highest BCUT2D eigenvalue weighted by molar-refractivity contribution is 6.47. The molecular weight excluding hydrogens is 318 g/mol. The Morgan fingerprint density at radius 3 is 2.28 bits per heavy atom. The number of benzene rings is 2. The lowest BCUT2D eigenvalue weighted by Gasteiger charge is -2.27. The van der Waals surface area contributed by atoms with Crippen LogP contribution in [-0.2, 0) is 19.1 Å². The molecule has 0 bridgehead atoms. The fourth-order valence-electron chi connectivity index (χ4n) is 3.11. The zero-order valence-electron chi connectivity index (χ0n) is 14.1. The van der Waals surface area contributed by atoms with Gasteiger partial charge >= 0.3 is 5.97 Å². The van der Waals surface area contributed by atoms with Crippen molar-refractivity contribution in [1.82, 2.24) is 0 Å². The molecule has 5 heteroatoms. The molecular formula is C20H19NO4. The monoisotopic (exact) mass is 337 g/mol. The van der Waals surface area contributed by atoms with Crippen LogP contribution in [0.4, 0.5) is 5.69 Å². The number of nitrogens with zero attached hydrogens (tertiary/aromatic N) is 1. The molecule has 1 aliphatic rings. The van der Waals surface area contributed by atoms with E-state index in [4.69, 9.17) is 4.74 Å². The zero-order chi connectivity index (χ0) is 18.0. The molecule has 128 valence electrons. The second kappa shape index (κ2) is 6.89. The lowest BCUT2D eigenvalue weighted by atomic mass is 9.92. The van der Waals surface area contributed by atoms with Crippen molar-refractivity contribution in [2.24, 2.45) is 5.92 Å². The average molecular weight is 337 g/mol. The number of Topliss-reactive ketones (excluding diaryl/α,β-unsaturated/α-hetero) is 1. The minimum absolute atomic E-state index is 0.156. The third kappa shape index (κ3) is 3.05. The third-order valence-corrected chi connectivity index (χ3v) is 4.30. The lowest BCUT2D eigenvalue weighted by Crippen LogP contribution is -2.31. The number of hydrogen-bond acceptors (Lipinski definition) is 4. The van der Waals surface area contributed by atoms with Crippen molar-refractivity contribution in [2.45, 2.75) is 19.9 Å². The number of aryl methyl sites for hydroxylation is 1. The number of ketones is 1. The summed E-state index contributed by atoms with van der Waals surface area (Å²) in [5.41, 5.74) is 2.35. The van der Waals surface area contributed by atoms with Gasteiger partial charge in [0.15, 0.2) is 0 Å². The lowest BCUT2D eigenvalue weighted by molar-refractivity contribution is -0.152. The van der Waals surface area contributed by atoms with E-state index in [9.17, 15) is 14.4 Å². The molecule has 3 rings (SSSR count). The van der Waals surface area contributed by atoms with Gasteiger partial charge < -0.3 is 4.74 Å². The number of amides is 1. The molecule has 0 aromatic heterocycles. The summed E-state index contributed by atoms with van der Waals surface area (Å²) in [5, 5.41) is 0. The summed E-state index contributed by atoms with van der Waals surface area (Å²) in [5.74, 6) is -3.23. The highest BCUT2D eigenvalue weighted by Crippen LogP contribution is 2.40. The van der Waals surface area contributed by atoms with Crippen LogP contribution in [-0.4, -0.2) is 24.3 Å². The van der Waals surface area contributed by atoms with E-state index in [0.717, 1.165) is 11.1 Å². The van der Waals surface area contributed by atoms with Gasteiger partial charge in [-0.2, -0.15) is 0 Å². The second-order valence-corrected chi connectivity index (χ2v) is 5.96. The third-order valence-electron chi connectivity index (χ3n) is 4.30.